The number of hydrogen-bond acceptors (Lipinski definition) is 3. The number of carboxylic acid groups (broad SMARTS) is 2. The van der Waals surface area contributed by atoms with Crippen LogP contribution in [-0.2, 0) is 0 Å². The average molecular weight is 185 g/mol. The lowest BCUT2D eigenvalue weighted by Gasteiger charge is -1.97. The summed E-state index contributed by atoms with van der Waals surface area (Å²) in [6.45, 7) is 0. The van der Waals surface area contributed by atoms with Crippen LogP contribution in [-0.4, -0.2) is 32.6 Å². The number of nitrogens with zero attached hydrogens (tertiary/aromatic N) is 1. The monoisotopic (exact) mass is 185 g/mol. The van der Waals surface area contributed by atoms with Gasteiger partial charge in [-0.3, -0.25) is 0 Å². The first-order chi connectivity index (χ1) is 5.63. The van der Waals surface area contributed by atoms with E-state index in [9.17, 15) is 9.59 Å². The summed E-state index contributed by atoms with van der Waals surface area (Å²) in [5.41, 5.74) is -0.741. The molecule has 0 amide bonds. The van der Waals surface area contributed by atoms with Crippen molar-refractivity contribution in [1.82, 2.24) is 4.98 Å². The van der Waals surface area contributed by atoms with Crippen LogP contribution in [0.25, 0.3) is 0 Å². The molecule has 1 aromatic heterocycles. The molecule has 0 saturated carbocycles. The molecule has 70 valence electrons. The summed E-state index contributed by atoms with van der Waals surface area (Å²) in [6.07, 6.45) is 1.23. The number of rotatable bonds is 2. The van der Waals surface area contributed by atoms with Crippen LogP contribution in [0.3, 0.4) is 0 Å². The smallest absolute Gasteiger partial charge is 0.355 e. The van der Waals surface area contributed by atoms with E-state index < -0.39 is 17.6 Å². The third kappa shape index (κ3) is 2.24. The van der Waals surface area contributed by atoms with Gasteiger partial charge in [0.2, 0.25) is 0 Å². The summed E-state index contributed by atoms with van der Waals surface area (Å²) in [5.74, 6) is -2.63. The molecule has 0 aliphatic heterocycles. The van der Waals surface area contributed by atoms with E-state index in [1.54, 1.807) is 0 Å². The molecule has 0 unspecified atom stereocenters. The van der Waals surface area contributed by atoms with Crippen LogP contribution in [0.5, 0.6) is 0 Å². The summed E-state index contributed by atoms with van der Waals surface area (Å²) in [6, 6.07) is 2.56. The second kappa shape index (κ2) is 4.17. The van der Waals surface area contributed by atoms with E-state index in [4.69, 9.17) is 10.2 Å². The highest BCUT2D eigenvalue weighted by Gasteiger charge is 2.15. The van der Waals surface area contributed by atoms with Crippen LogP contribution in [0.2, 0.25) is 0 Å². The largest absolute Gasteiger partial charge is 0.478 e. The summed E-state index contributed by atoms with van der Waals surface area (Å²) in [5, 5.41) is 17.0. The van der Waals surface area contributed by atoms with Gasteiger partial charge in [-0.2, -0.15) is 0 Å². The van der Waals surface area contributed by atoms with Crippen molar-refractivity contribution in [2.45, 2.75) is 0 Å². The molecular weight excluding hydrogens is 178 g/mol. The Labute approximate surface area is 72.8 Å². The summed E-state index contributed by atoms with van der Waals surface area (Å²) in [7, 11) is 0. The maximum Gasteiger partial charge on any atom is 0.355 e. The van der Waals surface area contributed by atoms with Gasteiger partial charge in [0, 0.05) is 6.20 Å². The molecule has 0 atom stereocenters. The van der Waals surface area contributed by atoms with E-state index in [0.717, 1.165) is 0 Å². The van der Waals surface area contributed by atoms with Crippen molar-refractivity contribution in [3.8, 4) is 0 Å². The fourth-order valence-corrected chi connectivity index (χ4v) is 0.748. The van der Waals surface area contributed by atoms with E-state index >= 15 is 0 Å². The molecule has 0 radical (unpaired) electrons. The minimum Gasteiger partial charge on any atom is -0.478 e. The first kappa shape index (κ1) is 11.1. The first-order valence-electron chi connectivity index (χ1n) is 3.04. The van der Waals surface area contributed by atoms with Crippen molar-refractivity contribution in [3.05, 3.63) is 29.6 Å². The Balaban J connectivity index is 0.00000144. The molecule has 0 aromatic carbocycles. The highest BCUT2D eigenvalue weighted by Crippen LogP contribution is 2.04. The second-order valence-corrected chi connectivity index (χ2v) is 2.01. The molecule has 6 heteroatoms. The number of aromatic carboxylic acids is 2. The van der Waals surface area contributed by atoms with E-state index in [-0.39, 0.29) is 11.0 Å². The standard InChI is InChI=1S/C7H5NO4.H2O/c9-6(10)4-2-1-3-8-5(4)7(11)12;/h1-3H,(H,9,10)(H,11,12);1H2. The van der Waals surface area contributed by atoms with Crippen LogP contribution in [0.4, 0.5) is 0 Å². The lowest BCUT2D eigenvalue weighted by atomic mass is 10.2. The van der Waals surface area contributed by atoms with Gasteiger partial charge >= 0.3 is 11.9 Å². The molecule has 0 aliphatic carbocycles. The zero-order valence-electron chi connectivity index (χ0n) is 6.39. The molecule has 4 N–H and O–H groups in total. The normalized spacial score (nSPS) is 8.62. The van der Waals surface area contributed by atoms with Crippen LogP contribution >= 0.6 is 0 Å². The van der Waals surface area contributed by atoms with Crippen molar-refractivity contribution in [1.29, 1.82) is 0 Å². The fourth-order valence-electron chi connectivity index (χ4n) is 0.748. The molecule has 0 aliphatic rings. The van der Waals surface area contributed by atoms with Crippen molar-refractivity contribution in [3.63, 3.8) is 0 Å². The van der Waals surface area contributed by atoms with Crippen LogP contribution < -0.4 is 0 Å². The van der Waals surface area contributed by atoms with Crippen LogP contribution in [0.15, 0.2) is 18.3 Å². The Morgan fingerprint density at radius 1 is 1.23 bits per heavy atom. The number of carboxylic acids is 2. The maximum absolute atomic E-state index is 10.4. The average Bonchev–Trinajstić information content (AvgIpc) is 2.04. The zero-order chi connectivity index (χ0) is 9.14. The van der Waals surface area contributed by atoms with Crippen molar-refractivity contribution in [2.75, 3.05) is 0 Å². The van der Waals surface area contributed by atoms with Crippen LogP contribution in [0, 0.1) is 0 Å². The SMILES string of the molecule is O.O=C(O)c1cccnc1C(=O)O. The van der Waals surface area contributed by atoms with E-state index in [2.05, 4.69) is 4.98 Å². The molecule has 1 rings (SSSR count). The predicted molar refractivity (Wildman–Crippen MR) is 41.8 cm³/mol. The highest BCUT2D eigenvalue weighted by atomic mass is 16.4. The molecule has 6 nitrogen and oxygen atoms in total. The molecule has 0 saturated heterocycles. The minimum atomic E-state index is -1.34. The molecular formula is C7H7NO5. The minimum absolute atomic E-state index is 0. The third-order valence-electron chi connectivity index (χ3n) is 1.24. The van der Waals surface area contributed by atoms with Gasteiger partial charge in [-0.1, -0.05) is 0 Å². The van der Waals surface area contributed by atoms with Gasteiger partial charge in [0.1, 0.15) is 0 Å². The quantitative estimate of drug-likeness (QED) is 0.652. The molecule has 13 heavy (non-hydrogen) atoms. The van der Waals surface area contributed by atoms with E-state index in [1.165, 1.54) is 18.3 Å². The first-order valence-corrected chi connectivity index (χ1v) is 3.04. The van der Waals surface area contributed by atoms with Gasteiger partial charge in [0.05, 0.1) is 5.56 Å². The van der Waals surface area contributed by atoms with E-state index in [1.807, 2.05) is 0 Å². The summed E-state index contributed by atoms with van der Waals surface area (Å²) >= 11 is 0. The Morgan fingerprint density at radius 3 is 2.23 bits per heavy atom. The van der Waals surface area contributed by atoms with Crippen molar-refractivity contribution in [2.24, 2.45) is 0 Å². The van der Waals surface area contributed by atoms with Gasteiger partial charge in [0.15, 0.2) is 5.69 Å². The summed E-state index contributed by atoms with van der Waals surface area (Å²) < 4.78 is 0. The topological polar surface area (TPSA) is 119 Å². The highest BCUT2D eigenvalue weighted by molar-refractivity contribution is 5.99. The molecule has 1 heterocycles. The third-order valence-corrected chi connectivity index (χ3v) is 1.24. The Bertz CT molecular complexity index is 302. The summed E-state index contributed by atoms with van der Waals surface area (Å²) in [4.78, 5) is 24.2. The zero-order valence-corrected chi connectivity index (χ0v) is 6.39. The van der Waals surface area contributed by atoms with Gasteiger partial charge in [-0.05, 0) is 12.1 Å². The second-order valence-electron chi connectivity index (χ2n) is 2.01. The van der Waals surface area contributed by atoms with Gasteiger partial charge in [-0.25, -0.2) is 14.6 Å². The molecule has 0 spiro atoms. The molecule has 1 aromatic rings. The lowest BCUT2D eigenvalue weighted by Crippen LogP contribution is -2.09. The Kier molecular flexibility index (Phi) is 3.54. The molecule has 0 bridgehead atoms. The number of pyridine rings is 1. The number of carbonyl (C=O) groups is 2. The number of aromatic nitrogens is 1. The Morgan fingerprint density at radius 2 is 1.85 bits per heavy atom. The Hall–Kier alpha value is -1.95. The van der Waals surface area contributed by atoms with Gasteiger partial charge in [0.25, 0.3) is 0 Å². The van der Waals surface area contributed by atoms with Crippen molar-refractivity contribution >= 4 is 11.9 Å². The molecule has 0 fully saturated rings. The predicted octanol–water partition coefficient (Wildman–Crippen LogP) is -0.347. The van der Waals surface area contributed by atoms with Gasteiger partial charge < -0.3 is 15.7 Å². The maximum atomic E-state index is 10.4. The van der Waals surface area contributed by atoms with E-state index in [0.29, 0.717) is 0 Å². The van der Waals surface area contributed by atoms with Crippen LogP contribution in [0.1, 0.15) is 20.8 Å². The fraction of sp³-hybridized carbons (Fsp3) is 0. The lowest BCUT2D eigenvalue weighted by molar-refractivity contribution is 0.0646. The van der Waals surface area contributed by atoms with Gasteiger partial charge in [-0.15, -0.1) is 0 Å². The van der Waals surface area contributed by atoms with Crippen molar-refractivity contribution < 1.29 is 25.3 Å². The number of hydrogen-bond donors (Lipinski definition) is 2.